The van der Waals surface area contributed by atoms with Crippen LogP contribution in [0.1, 0.15) is 24.8 Å². The van der Waals surface area contributed by atoms with Gasteiger partial charge in [0.25, 0.3) is 0 Å². The standard InChI is InChI=1S/C27H27ClN4O5S/c1-3-38(34,35)32-12-9-17(10-13-32)20-15-21-24(16-26(20)36-2)29-11-8-25(21)37-19-6-7-23(22(28)14-19)31-27(33)30-18-4-5-18/h3,6-9,11,14-16,18H,1,4-5,10,12-13H2,2H3,(H2,30,31,33). The SMILES string of the molecule is C=CS(=O)(=O)N1CC=C(c2cc3c(Oc4ccc(NC(=O)NC5CC5)c(Cl)c4)ccnc3cc2OC)CC1. The average molecular weight is 555 g/mol. The van der Waals surface area contributed by atoms with Crippen LogP contribution in [0.4, 0.5) is 10.5 Å². The molecule has 0 bridgehead atoms. The first-order chi connectivity index (χ1) is 18.3. The lowest BCUT2D eigenvalue weighted by Gasteiger charge is -2.25. The molecule has 198 valence electrons. The van der Waals surface area contributed by atoms with Gasteiger partial charge in [0.2, 0.25) is 10.0 Å². The van der Waals surface area contributed by atoms with Crippen molar-refractivity contribution in [2.24, 2.45) is 0 Å². The molecule has 11 heteroatoms. The minimum atomic E-state index is -3.48. The second-order valence-electron chi connectivity index (χ2n) is 9.04. The highest BCUT2D eigenvalue weighted by molar-refractivity contribution is 7.92. The van der Waals surface area contributed by atoms with Gasteiger partial charge in [-0.15, -0.1) is 0 Å². The summed E-state index contributed by atoms with van der Waals surface area (Å²) in [6.45, 7) is 4.00. The van der Waals surface area contributed by atoms with Crippen LogP contribution in [0.2, 0.25) is 5.02 Å². The highest BCUT2D eigenvalue weighted by Gasteiger charge is 2.24. The van der Waals surface area contributed by atoms with Gasteiger partial charge in [-0.2, -0.15) is 4.31 Å². The highest BCUT2D eigenvalue weighted by Crippen LogP contribution is 2.38. The maximum atomic E-state index is 12.2. The third-order valence-electron chi connectivity index (χ3n) is 6.44. The van der Waals surface area contributed by atoms with Crippen LogP contribution in [0.5, 0.6) is 17.2 Å². The maximum Gasteiger partial charge on any atom is 0.319 e. The maximum absolute atomic E-state index is 12.2. The van der Waals surface area contributed by atoms with Gasteiger partial charge in [-0.3, -0.25) is 4.98 Å². The van der Waals surface area contributed by atoms with Gasteiger partial charge in [0.1, 0.15) is 17.2 Å². The number of sulfonamides is 1. The van der Waals surface area contributed by atoms with Gasteiger partial charge in [-0.05, 0) is 49.1 Å². The van der Waals surface area contributed by atoms with Gasteiger partial charge >= 0.3 is 6.03 Å². The van der Waals surface area contributed by atoms with Crippen molar-refractivity contribution in [2.45, 2.75) is 25.3 Å². The van der Waals surface area contributed by atoms with Crippen LogP contribution in [0.3, 0.4) is 0 Å². The monoisotopic (exact) mass is 554 g/mol. The molecule has 1 aliphatic heterocycles. The molecule has 2 aromatic carbocycles. The Labute approximate surface area is 226 Å². The molecular weight excluding hydrogens is 528 g/mol. The number of pyridine rings is 1. The number of urea groups is 1. The van der Waals surface area contributed by atoms with E-state index in [4.69, 9.17) is 21.1 Å². The molecule has 0 atom stereocenters. The van der Waals surface area contributed by atoms with E-state index in [1.54, 1.807) is 37.6 Å². The molecule has 0 radical (unpaired) electrons. The molecule has 0 unspecified atom stereocenters. The number of carbonyl (C=O) groups is 1. The predicted molar refractivity (Wildman–Crippen MR) is 148 cm³/mol. The number of halogens is 1. The summed E-state index contributed by atoms with van der Waals surface area (Å²) in [4.78, 5) is 16.5. The Morgan fingerprint density at radius 3 is 2.68 bits per heavy atom. The van der Waals surface area contributed by atoms with Crippen LogP contribution in [-0.2, 0) is 10.0 Å². The van der Waals surface area contributed by atoms with Crippen molar-refractivity contribution in [1.82, 2.24) is 14.6 Å². The Morgan fingerprint density at radius 1 is 1.21 bits per heavy atom. The zero-order chi connectivity index (χ0) is 26.9. The highest BCUT2D eigenvalue weighted by atomic mass is 35.5. The third kappa shape index (κ3) is 5.62. The van der Waals surface area contributed by atoms with E-state index in [2.05, 4.69) is 22.2 Å². The topological polar surface area (TPSA) is 110 Å². The van der Waals surface area contributed by atoms with Gasteiger partial charge in [-0.1, -0.05) is 24.3 Å². The molecule has 0 spiro atoms. The minimum Gasteiger partial charge on any atom is -0.496 e. The van der Waals surface area contributed by atoms with Gasteiger partial charge in [0.05, 0.1) is 23.3 Å². The number of methoxy groups -OCH3 is 1. The van der Waals surface area contributed by atoms with E-state index in [0.717, 1.165) is 34.8 Å². The average Bonchev–Trinajstić information content (AvgIpc) is 3.73. The zero-order valence-electron chi connectivity index (χ0n) is 20.7. The van der Waals surface area contributed by atoms with Gasteiger partial charge in [0.15, 0.2) is 0 Å². The molecule has 0 saturated heterocycles. The largest absolute Gasteiger partial charge is 0.496 e. The molecule has 1 fully saturated rings. The van der Waals surface area contributed by atoms with Crippen molar-refractivity contribution in [1.29, 1.82) is 0 Å². The fourth-order valence-corrected chi connectivity index (χ4v) is 5.30. The van der Waals surface area contributed by atoms with Crippen molar-refractivity contribution in [2.75, 3.05) is 25.5 Å². The molecule has 2 amide bonds. The van der Waals surface area contributed by atoms with E-state index in [9.17, 15) is 13.2 Å². The fourth-order valence-electron chi connectivity index (χ4n) is 4.25. The summed E-state index contributed by atoms with van der Waals surface area (Å²) in [6.07, 6.45) is 6.04. The Bertz CT molecular complexity index is 1550. The lowest BCUT2D eigenvalue weighted by atomic mass is 9.97. The fraction of sp³-hybridized carbons (Fsp3) is 0.259. The summed E-state index contributed by atoms with van der Waals surface area (Å²) in [5, 5.41) is 7.69. The van der Waals surface area contributed by atoms with E-state index in [-0.39, 0.29) is 18.6 Å². The van der Waals surface area contributed by atoms with Crippen molar-refractivity contribution in [3.05, 3.63) is 71.2 Å². The Kier molecular flexibility index (Phi) is 7.29. The summed E-state index contributed by atoms with van der Waals surface area (Å²) in [5.74, 6) is 1.70. The van der Waals surface area contributed by atoms with Gasteiger partial charge in [-0.25, -0.2) is 13.2 Å². The molecule has 2 N–H and O–H groups in total. The van der Waals surface area contributed by atoms with Crippen LogP contribution >= 0.6 is 11.6 Å². The smallest absolute Gasteiger partial charge is 0.319 e. The van der Waals surface area contributed by atoms with E-state index in [0.29, 0.717) is 46.4 Å². The molecular formula is C27H27ClN4O5S. The zero-order valence-corrected chi connectivity index (χ0v) is 22.3. The number of ether oxygens (including phenoxy) is 2. The number of rotatable bonds is 8. The van der Waals surface area contributed by atoms with Crippen LogP contribution < -0.4 is 20.1 Å². The molecule has 1 aliphatic carbocycles. The van der Waals surface area contributed by atoms with Crippen molar-refractivity contribution in [3.63, 3.8) is 0 Å². The minimum absolute atomic E-state index is 0.239. The summed E-state index contributed by atoms with van der Waals surface area (Å²) in [6, 6.07) is 10.6. The number of amides is 2. The molecule has 38 heavy (non-hydrogen) atoms. The summed E-state index contributed by atoms with van der Waals surface area (Å²) in [7, 11) is -1.89. The first-order valence-electron chi connectivity index (χ1n) is 12.1. The number of anilines is 1. The predicted octanol–water partition coefficient (Wildman–Crippen LogP) is 5.54. The number of carbonyl (C=O) groups excluding carboxylic acids is 1. The summed E-state index contributed by atoms with van der Waals surface area (Å²) < 4.78 is 37.5. The Balaban J connectivity index is 1.42. The molecule has 2 aliphatic rings. The van der Waals surface area contributed by atoms with Crippen LogP contribution in [0, 0.1) is 0 Å². The normalized spacial score (nSPS) is 16.0. The number of nitrogens with zero attached hydrogens (tertiary/aromatic N) is 2. The van der Waals surface area contributed by atoms with E-state index < -0.39 is 10.0 Å². The molecule has 5 rings (SSSR count). The first kappa shape index (κ1) is 26.0. The second-order valence-corrected chi connectivity index (χ2v) is 11.3. The van der Waals surface area contributed by atoms with Crippen LogP contribution in [0.15, 0.2) is 60.7 Å². The lowest BCUT2D eigenvalue weighted by molar-refractivity contribution is 0.251. The van der Waals surface area contributed by atoms with Crippen LogP contribution in [-0.4, -0.2) is 50.0 Å². The molecule has 1 aromatic heterocycles. The number of hydrogen-bond acceptors (Lipinski definition) is 6. The lowest BCUT2D eigenvalue weighted by Crippen LogP contribution is -2.33. The molecule has 1 saturated carbocycles. The number of fused-ring (bicyclic) bond motifs is 1. The van der Waals surface area contributed by atoms with Crippen LogP contribution in [0.25, 0.3) is 16.5 Å². The number of aromatic nitrogens is 1. The Morgan fingerprint density at radius 2 is 2.03 bits per heavy atom. The van der Waals surface area contributed by atoms with Crippen molar-refractivity contribution >= 4 is 49.8 Å². The molecule has 2 heterocycles. The van der Waals surface area contributed by atoms with E-state index in [1.165, 1.54) is 4.31 Å². The van der Waals surface area contributed by atoms with Crippen molar-refractivity contribution in [3.8, 4) is 17.2 Å². The second kappa shape index (κ2) is 10.6. The first-order valence-corrected chi connectivity index (χ1v) is 14.0. The van der Waals surface area contributed by atoms with Crippen molar-refractivity contribution < 1.29 is 22.7 Å². The van der Waals surface area contributed by atoms with E-state index in [1.807, 2.05) is 18.2 Å². The number of hydrogen-bond donors (Lipinski definition) is 2. The quantitative estimate of drug-likeness (QED) is 0.378. The van der Waals surface area contributed by atoms with Gasteiger partial charge in [0, 0.05) is 53.8 Å². The summed E-state index contributed by atoms with van der Waals surface area (Å²) in [5.41, 5.74) is 2.97. The Hall–Kier alpha value is -3.60. The third-order valence-corrected chi connectivity index (χ3v) is 8.23. The molecule has 3 aromatic rings. The van der Waals surface area contributed by atoms with Gasteiger partial charge < -0.3 is 20.1 Å². The van der Waals surface area contributed by atoms with E-state index >= 15 is 0 Å². The molecule has 9 nitrogen and oxygen atoms in total. The summed E-state index contributed by atoms with van der Waals surface area (Å²) >= 11 is 6.42. The number of nitrogens with one attached hydrogen (secondary N) is 2. The number of benzene rings is 2.